The van der Waals surface area contributed by atoms with Crippen molar-refractivity contribution in [2.75, 3.05) is 0 Å². The Balaban J connectivity index is 1.07. The Hall–Kier alpha value is -7.54. The van der Waals surface area contributed by atoms with Crippen LogP contribution in [0.25, 0.3) is 110 Å². The Bertz CT molecular complexity index is 3320. The minimum absolute atomic E-state index is 1.20. The van der Waals surface area contributed by atoms with Gasteiger partial charge in [-0.15, -0.1) is 0 Å². The Labute approximate surface area is 339 Å². The van der Waals surface area contributed by atoms with Crippen molar-refractivity contribution in [1.29, 1.82) is 0 Å². The normalized spacial score (nSPS) is 11.4. The third kappa shape index (κ3) is 6.22. The molecular weight excluding hydrogens is 697 g/mol. The van der Waals surface area contributed by atoms with Crippen LogP contribution in [-0.2, 0) is 0 Å². The van der Waals surface area contributed by atoms with Crippen LogP contribution in [0.5, 0.6) is 0 Å². The summed E-state index contributed by atoms with van der Waals surface area (Å²) < 4.78 is 0. The van der Waals surface area contributed by atoms with E-state index in [9.17, 15) is 0 Å². The minimum atomic E-state index is 1.20. The van der Waals surface area contributed by atoms with Crippen LogP contribution in [0, 0.1) is 0 Å². The largest absolute Gasteiger partial charge is 0.0622 e. The smallest absolute Gasteiger partial charge is 0.00926 e. The molecule has 0 amide bonds. The van der Waals surface area contributed by atoms with Gasteiger partial charge in [-0.3, -0.25) is 0 Å². The highest BCUT2D eigenvalue weighted by atomic mass is 14.2. The highest BCUT2D eigenvalue weighted by molar-refractivity contribution is 6.09. The molecule has 58 heavy (non-hydrogen) atoms. The highest BCUT2D eigenvalue weighted by Gasteiger charge is 2.16. The van der Waals surface area contributed by atoms with E-state index in [2.05, 4.69) is 231 Å². The fraction of sp³-hybridized carbons (Fsp3) is 0. The molecule has 11 aromatic rings. The van der Waals surface area contributed by atoms with Crippen molar-refractivity contribution in [3.8, 4) is 66.8 Å². The van der Waals surface area contributed by atoms with Gasteiger partial charge in [-0.05, 0) is 164 Å². The van der Waals surface area contributed by atoms with Gasteiger partial charge in [0.05, 0.1) is 0 Å². The molecule has 0 unspecified atom stereocenters. The predicted octanol–water partition coefficient (Wildman–Crippen LogP) is 16.3. The molecule has 0 radical (unpaired) electrons. The molecule has 0 bridgehead atoms. The first-order valence-electron chi connectivity index (χ1n) is 20.1. The van der Waals surface area contributed by atoms with Gasteiger partial charge in [0.2, 0.25) is 0 Å². The lowest BCUT2D eigenvalue weighted by atomic mass is 9.86. The molecule has 0 atom stereocenters. The molecule has 0 aliphatic carbocycles. The number of rotatable bonds is 6. The lowest BCUT2D eigenvalue weighted by molar-refractivity contribution is 1.59. The van der Waals surface area contributed by atoms with Gasteiger partial charge >= 0.3 is 0 Å². The predicted molar refractivity (Wildman–Crippen MR) is 249 cm³/mol. The number of hydrogen-bond donors (Lipinski definition) is 0. The van der Waals surface area contributed by atoms with Crippen molar-refractivity contribution >= 4 is 43.1 Å². The van der Waals surface area contributed by atoms with Crippen LogP contribution in [0.2, 0.25) is 0 Å². The summed E-state index contributed by atoms with van der Waals surface area (Å²) in [5, 5.41) is 9.98. The molecule has 0 spiro atoms. The van der Waals surface area contributed by atoms with E-state index in [1.165, 1.54) is 110 Å². The molecule has 0 N–H and O–H groups in total. The number of hydrogen-bond acceptors (Lipinski definition) is 0. The Morgan fingerprint density at radius 3 is 0.914 bits per heavy atom. The highest BCUT2D eigenvalue weighted by Crippen LogP contribution is 2.43. The molecule has 0 nitrogen and oxygen atoms in total. The van der Waals surface area contributed by atoms with E-state index in [1.807, 2.05) is 0 Å². The zero-order valence-corrected chi connectivity index (χ0v) is 31.9. The van der Waals surface area contributed by atoms with Crippen LogP contribution in [-0.4, -0.2) is 0 Å². The van der Waals surface area contributed by atoms with Gasteiger partial charge in [-0.2, -0.15) is 0 Å². The zero-order chi connectivity index (χ0) is 38.4. The van der Waals surface area contributed by atoms with Gasteiger partial charge in [-0.1, -0.05) is 176 Å². The molecular formula is C58H38. The lowest BCUT2D eigenvalue weighted by Crippen LogP contribution is -1.91. The third-order valence-corrected chi connectivity index (χ3v) is 11.8. The van der Waals surface area contributed by atoms with Crippen molar-refractivity contribution in [2.45, 2.75) is 0 Å². The van der Waals surface area contributed by atoms with Gasteiger partial charge in [0.15, 0.2) is 0 Å². The summed E-state index contributed by atoms with van der Waals surface area (Å²) >= 11 is 0. The second-order valence-corrected chi connectivity index (χ2v) is 15.4. The molecule has 0 saturated carbocycles. The van der Waals surface area contributed by atoms with E-state index in [0.29, 0.717) is 0 Å². The van der Waals surface area contributed by atoms with Crippen LogP contribution in [0.1, 0.15) is 0 Å². The Morgan fingerprint density at radius 1 is 0.155 bits per heavy atom. The SMILES string of the molecule is c1ccc(-c2cc(-c3ccc4cc(-c5ccc6ccccc6c5)ccc4c3)cc3c(-c4ccccc4)cc(-c4cccc(-c5ccc6ccccc6c5)c4)cc23)cc1. The van der Waals surface area contributed by atoms with Crippen LogP contribution < -0.4 is 0 Å². The van der Waals surface area contributed by atoms with Gasteiger partial charge < -0.3 is 0 Å². The van der Waals surface area contributed by atoms with E-state index in [0.717, 1.165) is 0 Å². The first-order chi connectivity index (χ1) is 28.7. The van der Waals surface area contributed by atoms with E-state index in [1.54, 1.807) is 0 Å². The molecule has 11 aromatic carbocycles. The van der Waals surface area contributed by atoms with Crippen molar-refractivity contribution < 1.29 is 0 Å². The van der Waals surface area contributed by atoms with E-state index in [4.69, 9.17) is 0 Å². The number of benzene rings is 11. The van der Waals surface area contributed by atoms with Gasteiger partial charge in [-0.25, -0.2) is 0 Å². The average molecular weight is 735 g/mol. The summed E-state index contributed by atoms with van der Waals surface area (Å²) in [5.41, 5.74) is 14.6. The van der Waals surface area contributed by atoms with Crippen molar-refractivity contribution in [2.24, 2.45) is 0 Å². The van der Waals surface area contributed by atoms with Crippen molar-refractivity contribution in [3.05, 3.63) is 231 Å². The molecule has 0 heteroatoms. The van der Waals surface area contributed by atoms with Crippen LogP contribution in [0.4, 0.5) is 0 Å². The molecule has 0 aliphatic rings. The quantitative estimate of drug-likeness (QED) is 0.160. The molecule has 0 saturated heterocycles. The second-order valence-electron chi connectivity index (χ2n) is 15.4. The monoisotopic (exact) mass is 734 g/mol. The molecule has 0 fully saturated rings. The Kier molecular flexibility index (Phi) is 8.26. The summed E-state index contributed by atoms with van der Waals surface area (Å²) in [4.78, 5) is 0. The molecule has 0 heterocycles. The molecule has 0 aromatic heterocycles. The molecule has 11 rings (SSSR count). The zero-order valence-electron chi connectivity index (χ0n) is 31.9. The van der Waals surface area contributed by atoms with Crippen LogP contribution in [0.15, 0.2) is 231 Å². The minimum Gasteiger partial charge on any atom is -0.0622 e. The van der Waals surface area contributed by atoms with Crippen molar-refractivity contribution in [3.63, 3.8) is 0 Å². The second kappa shape index (κ2) is 14.2. The lowest BCUT2D eigenvalue weighted by Gasteiger charge is -2.18. The first kappa shape index (κ1) is 33.8. The van der Waals surface area contributed by atoms with Crippen LogP contribution in [0.3, 0.4) is 0 Å². The molecule has 270 valence electrons. The fourth-order valence-electron chi connectivity index (χ4n) is 8.73. The Morgan fingerprint density at radius 2 is 0.466 bits per heavy atom. The standard InChI is InChI=1S/C58H38/c1-3-14-41(15-4-1)55-35-53(46-21-11-20-45(32-46)47-24-22-39-12-7-9-18-43(39)30-47)37-57-56(42-16-5-2-6-17-42)36-54(38-58(55)57)52-29-28-50-33-49(26-27-51(50)34-52)48-25-23-40-13-8-10-19-44(40)31-48/h1-38H. The summed E-state index contributed by atoms with van der Waals surface area (Å²) in [7, 11) is 0. The third-order valence-electron chi connectivity index (χ3n) is 11.8. The van der Waals surface area contributed by atoms with Gasteiger partial charge in [0, 0.05) is 0 Å². The fourth-order valence-corrected chi connectivity index (χ4v) is 8.73. The van der Waals surface area contributed by atoms with E-state index < -0.39 is 0 Å². The molecule has 0 aliphatic heterocycles. The maximum Gasteiger partial charge on any atom is -0.00926 e. The summed E-state index contributed by atoms with van der Waals surface area (Å²) in [5.74, 6) is 0. The number of fused-ring (bicyclic) bond motifs is 4. The van der Waals surface area contributed by atoms with Gasteiger partial charge in [0.25, 0.3) is 0 Å². The van der Waals surface area contributed by atoms with E-state index >= 15 is 0 Å². The summed E-state index contributed by atoms with van der Waals surface area (Å²) in [6.45, 7) is 0. The maximum atomic E-state index is 2.41. The van der Waals surface area contributed by atoms with Gasteiger partial charge in [0.1, 0.15) is 0 Å². The van der Waals surface area contributed by atoms with Crippen LogP contribution >= 0.6 is 0 Å². The first-order valence-corrected chi connectivity index (χ1v) is 20.1. The van der Waals surface area contributed by atoms with Crippen molar-refractivity contribution in [1.82, 2.24) is 0 Å². The topological polar surface area (TPSA) is 0 Å². The average Bonchev–Trinajstić information content (AvgIpc) is 3.30. The summed E-state index contributed by atoms with van der Waals surface area (Å²) in [6, 6.07) is 84.8. The summed E-state index contributed by atoms with van der Waals surface area (Å²) in [6.07, 6.45) is 0. The maximum absolute atomic E-state index is 2.41. The van der Waals surface area contributed by atoms with E-state index in [-0.39, 0.29) is 0 Å².